The average molecular weight is 392 g/mol. The first-order valence-corrected chi connectivity index (χ1v) is 8.69. The Balaban J connectivity index is 1.81. The molecule has 0 radical (unpaired) electrons. The predicted octanol–water partition coefficient (Wildman–Crippen LogP) is 4.72. The summed E-state index contributed by atoms with van der Waals surface area (Å²) in [6, 6.07) is 10.1. The van der Waals surface area contributed by atoms with Gasteiger partial charge in [0.05, 0.1) is 17.1 Å². The van der Waals surface area contributed by atoms with E-state index in [0.29, 0.717) is 23.6 Å². The highest BCUT2D eigenvalue weighted by Gasteiger charge is 2.20. The summed E-state index contributed by atoms with van der Waals surface area (Å²) in [6.07, 6.45) is 0.668. The highest BCUT2D eigenvalue weighted by Crippen LogP contribution is 2.26. The maximum Gasteiger partial charge on any atom is 0.254 e. The molecule has 0 saturated heterocycles. The zero-order chi connectivity index (χ0) is 19.4. The number of hydrogen-bond acceptors (Lipinski definition) is 4. The molecular formula is C19H16ClF2N3O2. The summed E-state index contributed by atoms with van der Waals surface area (Å²) in [7, 11) is 0. The highest BCUT2D eigenvalue weighted by molar-refractivity contribution is 6.33. The van der Waals surface area contributed by atoms with Crippen molar-refractivity contribution in [3.63, 3.8) is 0 Å². The van der Waals surface area contributed by atoms with Crippen LogP contribution in [0.4, 0.5) is 8.78 Å². The Morgan fingerprint density at radius 3 is 2.63 bits per heavy atom. The minimum Gasteiger partial charge on any atom is -0.419 e. The summed E-state index contributed by atoms with van der Waals surface area (Å²) in [5, 5.41) is 8.40. The fraction of sp³-hybridized carbons (Fsp3) is 0.211. The van der Waals surface area contributed by atoms with Crippen molar-refractivity contribution in [2.24, 2.45) is 0 Å². The molecular weight excluding hydrogens is 376 g/mol. The van der Waals surface area contributed by atoms with E-state index in [9.17, 15) is 13.6 Å². The molecule has 0 spiro atoms. The van der Waals surface area contributed by atoms with E-state index in [0.717, 1.165) is 12.1 Å². The Labute approximate surface area is 159 Å². The van der Waals surface area contributed by atoms with E-state index < -0.39 is 17.5 Å². The fourth-order valence-electron chi connectivity index (χ4n) is 2.56. The molecule has 1 heterocycles. The molecule has 0 aliphatic heterocycles. The van der Waals surface area contributed by atoms with E-state index in [1.807, 2.05) is 6.92 Å². The van der Waals surface area contributed by atoms with Crippen molar-refractivity contribution in [3.05, 3.63) is 70.6 Å². The van der Waals surface area contributed by atoms with E-state index in [1.165, 1.54) is 11.0 Å². The molecule has 0 aliphatic carbocycles. The maximum atomic E-state index is 13.4. The van der Waals surface area contributed by atoms with Crippen molar-refractivity contribution in [2.45, 2.75) is 19.9 Å². The molecule has 27 heavy (non-hydrogen) atoms. The van der Waals surface area contributed by atoms with Gasteiger partial charge in [-0.15, -0.1) is 10.2 Å². The van der Waals surface area contributed by atoms with Crippen molar-refractivity contribution in [1.82, 2.24) is 15.1 Å². The molecule has 0 saturated carbocycles. The van der Waals surface area contributed by atoms with Crippen molar-refractivity contribution in [1.29, 1.82) is 0 Å². The summed E-state index contributed by atoms with van der Waals surface area (Å²) in [4.78, 5) is 14.1. The van der Waals surface area contributed by atoms with Crippen molar-refractivity contribution in [3.8, 4) is 11.5 Å². The Morgan fingerprint density at radius 1 is 1.15 bits per heavy atom. The standard InChI is InChI=1S/C19H16ClF2N3O2/c1-2-9-25(19(26)12-7-8-15(21)16(22)10-12)11-17-23-24-18(27-17)13-5-3-4-6-14(13)20/h3-8,10H,2,9,11H2,1H3. The molecule has 3 aromatic rings. The van der Waals surface area contributed by atoms with Crippen LogP contribution in [0.25, 0.3) is 11.5 Å². The second-order valence-electron chi connectivity index (χ2n) is 5.84. The second kappa shape index (κ2) is 8.26. The number of benzene rings is 2. The monoisotopic (exact) mass is 391 g/mol. The lowest BCUT2D eigenvalue weighted by Gasteiger charge is -2.20. The molecule has 3 rings (SSSR count). The quantitative estimate of drug-likeness (QED) is 0.610. The fourth-order valence-corrected chi connectivity index (χ4v) is 2.77. The Bertz CT molecular complexity index is 962. The van der Waals surface area contributed by atoms with Gasteiger partial charge in [-0.1, -0.05) is 30.7 Å². The summed E-state index contributed by atoms with van der Waals surface area (Å²) < 4.78 is 32.2. The van der Waals surface area contributed by atoms with Crippen molar-refractivity contribution in [2.75, 3.05) is 6.54 Å². The topological polar surface area (TPSA) is 59.2 Å². The minimum absolute atomic E-state index is 0.0448. The third-order valence-electron chi connectivity index (χ3n) is 3.84. The molecule has 8 heteroatoms. The predicted molar refractivity (Wildman–Crippen MR) is 96.1 cm³/mol. The Morgan fingerprint density at radius 2 is 1.93 bits per heavy atom. The second-order valence-corrected chi connectivity index (χ2v) is 6.24. The van der Waals surface area contributed by atoms with Crippen LogP contribution in [0.3, 0.4) is 0 Å². The number of halogens is 3. The van der Waals surface area contributed by atoms with Gasteiger partial charge in [-0.25, -0.2) is 8.78 Å². The van der Waals surface area contributed by atoms with Gasteiger partial charge in [0.2, 0.25) is 11.8 Å². The van der Waals surface area contributed by atoms with Gasteiger partial charge in [0.15, 0.2) is 11.6 Å². The maximum absolute atomic E-state index is 13.4. The summed E-state index contributed by atoms with van der Waals surface area (Å²) in [5.41, 5.74) is 0.639. The van der Waals surface area contributed by atoms with Crippen LogP contribution < -0.4 is 0 Å². The summed E-state index contributed by atoms with van der Waals surface area (Å²) >= 11 is 6.12. The molecule has 140 valence electrons. The van der Waals surface area contributed by atoms with Gasteiger partial charge in [-0.3, -0.25) is 4.79 Å². The van der Waals surface area contributed by atoms with E-state index in [4.69, 9.17) is 16.0 Å². The molecule has 0 N–H and O–H groups in total. The van der Waals surface area contributed by atoms with Crippen LogP contribution >= 0.6 is 11.6 Å². The van der Waals surface area contributed by atoms with E-state index in [2.05, 4.69) is 10.2 Å². The Hall–Kier alpha value is -2.80. The molecule has 0 atom stereocenters. The van der Waals surface area contributed by atoms with Crippen molar-refractivity contribution >= 4 is 17.5 Å². The first-order valence-electron chi connectivity index (χ1n) is 8.31. The van der Waals surface area contributed by atoms with Crippen LogP contribution in [-0.2, 0) is 6.54 Å². The van der Waals surface area contributed by atoms with E-state index >= 15 is 0 Å². The van der Waals surface area contributed by atoms with Crippen LogP contribution in [0, 0.1) is 11.6 Å². The summed E-state index contributed by atoms with van der Waals surface area (Å²) in [6.45, 7) is 2.33. The average Bonchev–Trinajstić information content (AvgIpc) is 3.12. The van der Waals surface area contributed by atoms with Crippen LogP contribution in [0.1, 0.15) is 29.6 Å². The zero-order valence-electron chi connectivity index (χ0n) is 14.5. The van der Waals surface area contributed by atoms with E-state index in [-0.39, 0.29) is 23.9 Å². The number of rotatable bonds is 6. The lowest BCUT2D eigenvalue weighted by molar-refractivity contribution is 0.0728. The zero-order valence-corrected chi connectivity index (χ0v) is 15.2. The molecule has 0 aliphatic rings. The van der Waals surface area contributed by atoms with Gasteiger partial charge >= 0.3 is 0 Å². The van der Waals surface area contributed by atoms with Gasteiger partial charge in [-0.05, 0) is 36.8 Å². The number of aromatic nitrogens is 2. The van der Waals surface area contributed by atoms with Gasteiger partial charge in [0.25, 0.3) is 5.91 Å². The number of hydrogen-bond donors (Lipinski definition) is 0. The van der Waals surface area contributed by atoms with Crippen molar-refractivity contribution < 1.29 is 18.0 Å². The molecule has 0 fully saturated rings. The summed E-state index contributed by atoms with van der Waals surface area (Å²) in [5.74, 6) is -2.07. The SMILES string of the molecule is CCCN(Cc1nnc(-c2ccccc2Cl)o1)C(=O)c1ccc(F)c(F)c1. The van der Waals surface area contributed by atoms with Crippen LogP contribution in [0.15, 0.2) is 46.9 Å². The van der Waals surface area contributed by atoms with Gasteiger partial charge < -0.3 is 9.32 Å². The van der Waals surface area contributed by atoms with Gasteiger partial charge in [0, 0.05) is 12.1 Å². The molecule has 1 aromatic heterocycles. The van der Waals surface area contributed by atoms with Gasteiger partial charge in [0.1, 0.15) is 0 Å². The molecule has 0 unspecified atom stereocenters. The largest absolute Gasteiger partial charge is 0.419 e. The Kier molecular flexibility index (Phi) is 5.81. The normalized spacial score (nSPS) is 10.8. The smallest absolute Gasteiger partial charge is 0.254 e. The first-order chi connectivity index (χ1) is 13.0. The molecule has 1 amide bonds. The van der Waals surface area contributed by atoms with Gasteiger partial charge in [-0.2, -0.15) is 0 Å². The molecule has 5 nitrogen and oxygen atoms in total. The highest BCUT2D eigenvalue weighted by atomic mass is 35.5. The minimum atomic E-state index is -1.07. The number of carbonyl (C=O) groups is 1. The van der Waals surface area contributed by atoms with E-state index in [1.54, 1.807) is 24.3 Å². The third-order valence-corrected chi connectivity index (χ3v) is 4.17. The van der Waals surface area contributed by atoms with Crippen LogP contribution in [-0.4, -0.2) is 27.5 Å². The number of carbonyl (C=O) groups excluding carboxylic acids is 1. The molecule has 2 aromatic carbocycles. The molecule has 0 bridgehead atoms. The first kappa shape index (κ1) is 19.0. The lowest BCUT2D eigenvalue weighted by Crippen LogP contribution is -2.31. The lowest BCUT2D eigenvalue weighted by atomic mass is 10.2. The van der Waals surface area contributed by atoms with Crippen LogP contribution in [0.2, 0.25) is 5.02 Å². The third kappa shape index (κ3) is 4.31. The number of amides is 1. The van der Waals surface area contributed by atoms with Crippen LogP contribution in [0.5, 0.6) is 0 Å². The number of nitrogens with zero attached hydrogens (tertiary/aromatic N) is 3.